The van der Waals surface area contributed by atoms with Gasteiger partial charge in [-0.3, -0.25) is 5.10 Å². The molecule has 0 bridgehead atoms. The summed E-state index contributed by atoms with van der Waals surface area (Å²) in [5.74, 6) is 0.580. The molecule has 19 heavy (non-hydrogen) atoms. The van der Waals surface area contributed by atoms with Crippen LogP contribution in [0, 0.1) is 12.8 Å². The Kier molecular flexibility index (Phi) is 4.59. The Labute approximate surface area is 114 Å². The number of piperidine rings is 1. The van der Waals surface area contributed by atoms with Crippen LogP contribution in [0.3, 0.4) is 0 Å². The minimum absolute atomic E-state index is 0.303. The molecule has 2 rings (SSSR count). The van der Waals surface area contributed by atoms with Crippen LogP contribution in [0.4, 0.5) is 0 Å². The van der Waals surface area contributed by atoms with Crippen LogP contribution in [-0.4, -0.2) is 49.1 Å². The zero-order chi connectivity index (χ0) is 13.9. The van der Waals surface area contributed by atoms with Gasteiger partial charge in [0.1, 0.15) is 4.90 Å². The molecule has 0 amide bonds. The molecule has 1 aliphatic rings. The molecule has 1 saturated heterocycles. The molecule has 0 saturated carbocycles. The topological polar surface area (TPSA) is 78.1 Å². The summed E-state index contributed by atoms with van der Waals surface area (Å²) in [6.45, 7) is 6.97. The number of hydrogen-bond donors (Lipinski definition) is 2. The maximum absolute atomic E-state index is 12.4. The Balaban J connectivity index is 2.00. The lowest BCUT2D eigenvalue weighted by Gasteiger charge is -2.31. The van der Waals surface area contributed by atoms with Crippen LogP contribution in [0.2, 0.25) is 0 Å². The monoisotopic (exact) mass is 286 g/mol. The van der Waals surface area contributed by atoms with E-state index in [0.29, 0.717) is 29.6 Å². The number of aromatic amines is 1. The van der Waals surface area contributed by atoms with Crippen molar-refractivity contribution in [2.45, 2.75) is 31.6 Å². The maximum atomic E-state index is 12.4. The minimum atomic E-state index is -3.37. The Morgan fingerprint density at radius 1 is 1.47 bits per heavy atom. The number of aryl methyl sites for hydroxylation is 1. The summed E-state index contributed by atoms with van der Waals surface area (Å²) in [5, 5.41) is 9.81. The van der Waals surface area contributed by atoms with Crippen molar-refractivity contribution >= 4 is 10.0 Å². The summed E-state index contributed by atoms with van der Waals surface area (Å²) in [4.78, 5) is 0.303. The van der Waals surface area contributed by atoms with E-state index in [1.54, 1.807) is 11.2 Å². The van der Waals surface area contributed by atoms with E-state index in [0.717, 1.165) is 25.9 Å². The van der Waals surface area contributed by atoms with Crippen molar-refractivity contribution < 1.29 is 8.42 Å². The van der Waals surface area contributed by atoms with Crippen molar-refractivity contribution in [3.63, 3.8) is 0 Å². The fourth-order valence-electron chi connectivity index (χ4n) is 2.44. The molecular weight excluding hydrogens is 264 g/mol. The third-order valence-electron chi connectivity index (χ3n) is 3.66. The van der Waals surface area contributed by atoms with Gasteiger partial charge in [0.25, 0.3) is 0 Å². The first-order valence-electron chi connectivity index (χ1n) is 6.76. The molecule has 2 heterocycles. The maximum Gasteiger partial charge on any atom is 0.246 e. The van der Waals surface area contributed by atoms with Gasteiger partial charge in [-0.25, -0.2) is 8.42 Å². The summed E-state index contributed by atoms with van der Waals surface area (Å²) in [5.41, 5.74) is 0.606. The molecule has 7 heteroatoms. The Bertz CT molecular complexity index is 504. The molecule has 1 aliphatic heterocycles. The average Bonchev–Trinajstić information content (AvgIpc) is 2.84. The smallest absolute Gasteiger partial charge is 0.246 e. The molecule has 0 aliphatic carbocycles. The largest absolute Gasteiger partial charge is 0.317 e. The Hall–Kier alpha value is -0.920. The summed E-state index contributed by atoms with van der Waals surface area (Å²) < 4.78 is 26.5. The fourth-order valence-corrected chi connectivity index (χ4v) is 4.03. The summed E-state index contributed by atoms with van der Waals surface area (Å²) >= 11 is 0. The summed E-state index contributed by atoms with van der Waals surface area (Å²) in [6, 6.07) is 0. The summed E-state index contributed by atoms with van der Waals surface area (Å²) in [6.07, 6.45) is 3.24. The van der Waals surface area contributed by atoms with Gasteiger partial charge in [0.2, 0.25) is 10.0 Å². The molecule has 0 radical (unpaired) electrons. The molecule has 108 valence electrons. The zero-order valence-electron chi connectivity index (χ0n) is 11.5. The lowest BCUT2D eigenvalue weighted by molar-refractivity contribution is 0.268. The number of sulfonamides is 1. The lowest BCUT2D eigenvalue weighted by atomic mass is 9.98. The van der Waals surface area contributed by atoms with E-state index in [4.69, 9.17) is 0 Å². The highest BCUT2D eigenvalue weighted by molar-refractivity contribution is 7.89. The highest BCUT2D eigenvalue weighted by Crippen LogP contribution is 2.24. The van der Waals surface area contributed by atoms with Crippen molar-refractivity contribution in [2.75, 3.05) is 26.2 Å². The van der Waals surface area contributed by atoms with E-state index in [9.17, 15) is 8.42 Å². The Morgan fingerprint density at radius 3 is 2.68 bits per heavy atom. The first-order chi connectivity index (χ1) is 9.05. The lowest BCUT2D eigenvalue weighted by Crippen LogP contribution is -2.40. The van der Waals surface area contributed by atoms with Crippen LogP contribution in [0.25, 0.3) is 0 Å². The molecule has 1 aromatic heterocycles. The normalized spacial score (nSPS) is 18.8. The summed E-state index contributed by atoms with van der Waals surface area (Å²) in [7, 11) is -3.37. The van der Waals surface area contributed by atoms with Gasteiger partial charge in [-0.05, 0) is 38.8 Å². The number of nitrogens with zero attached hydrogens (tertiary/aromatic N) is 2. The van der Waals surface area contributed by atoms with Crippen LogP contribution in [0.1, 0.15) is 25.5 Å². The number of hydrogen-bond acceptors (Lipinski definition) is 4. The highest BCUT2D eigenvalue weighted by Gasteiger charge is 2.30. The van der Waals surface area contributed by atoms with Gasteiger partial charge in [0.15, 0.2) is 0 Å². The standard InChI is InChI=1S/C12H22N4O2S/c1-3-13-8-11-4-6-16(7-5-11)19(17,18)12-9-14-15-10(12)2/h9,11,13H,3-8H2,1-2H3,(H,14,15). The van der Waals surface area contributed by atoms with Crippen LogP contribution in [0.5, 0.6) is 0 Å². The molecular formula is C12H22N4O2S. The first kappa shape index (κ1) is 14.5. The predicted octanol–water partition coefficient (Wildman–Crippen LogP) is 0.728. The van der Waals surface area contributed by atoms with Crippen LogP contribution < -0.4 is 5.32 Å². The fraction of sp³-hybridized carbons (Fsp3) is 0.750. The SMILES string of the molecule is CCNCC1CCN(S(=O)(=O)c2cn[nH]c2C)CC1. The highest BCUT2D eigenvalue weighted by atomic mass is 32.2. The number of H-pyrrole nitrogens is 1. The second-order valence-electron chi connectivity index (χ2n) is 5.01. The van der Waals surface area contributed by atoms with Crippen molar-refractivity contribution in [1.82, 2.24) is 19.8 Å². The van der Waals surface area contributed by atoms with Gasteiger partial charge in [-0.1, -0.05) is 6.92 Å². The second kappa shape index (κ2) is 6.02. The molecule has 2 N–H and O–H groups in total. The van der Waals surface area contributed by atoms with Gasteiger partial charge >= 0.3 is 0 Å². The third-order valence-corrected chi connectivity index (χ3v) is 5.67. The Morgan fingerprint density at radius 2 is 2.16 bits per heavy atom. The van der Waals surface area contributed by atoms with Gasteiger partial charge in [-0.15, -0.1) is 0 Å². The number of aromatic nitrogens is 2. The van der Waals surface area contributed by atoms with Gasteiger partial charge in [0, 0.05) is 13.1 Å². The molecule has 1 fully saturated rings. The van der Waals surface area contributed by atoms with Crippen molar-refractivity contribution in [3.05, 3.63) is 11.9 Å². The predicted molar refractivity (Wildman–Crippen MR) is 73.4 cm³/mol. The first-order valence-corrected chi connectivity index (χ1v) is 8.20. The third kappa shape index (κ3) is 3.16. The van der Waals surface area contributed by atoms with Crippen molar-refractivity contribution in [2.24, 2.45) is 5.92 Å². The van der Waals surface area contributed by atoms with E-state index in [1.165, 1.54) is 6.20 Å². The van der Waals surface area contributed by atoms with Gasteiger partial charge < -0.3 is 5.32 Å². The van der Waals surface area contributed by atoms with Crippen LogP contribution >= 0.6 is 0 Å². The average molecular weight is 286 g/mol. The second-order valence-corrected chi connectivity index (χ2v) is 6.92. The number of rotatable bonds is 5. The van der Waals surface area contributed by atoms with Crippen LogP contribution in [-0.2, 0) is 10.0 Å². The van der Waals surface area contributed by atoms with E-state index in [-0.39, 0.29) is 0 Å². The van der Waals surface area contributed by atoms with E-state index < -0.39 is 10.0 Å². The van der Waals surface area contributed by atoms with E-state index >= 15 is 0 Å². The van der Waals surface area contributed by atoms with Crippen LogP contribution in [0.15, 0.2) is 11.1 Å². The quantitative estimate of drug-likeness (QED) is 0.836. The van der Waals surface area contributed by atoms with Gasteiger partial charge in [-0.2, -0.15) is 9.40 Å². The minimum Gasteiger partial charge on any atom is -0.317 e. The molecule has 0 spiro atoms. The van der Waals surface area contributed by atoms with Gasteiger partial charge in [0.05, 0.1) is 11.9 Å². The van der Waals surface area contributed by atoms with Crippen molar-refractivity contribution in [3.8, 4) is 0 Å². The number of nitrogens with one attached hydrogen (secondary N) is 2. The molecule has 6 nitrogen and oxygen atoms in total. The van der Waals surface area contributed by atoms with E-state index in [1.807, 2.05) is 0 Å². The molecule has 0 atom stereocenters. The molecule has 0 aromatic carbocycles. The molecule has 0 unspecified atom stereocenters. The molecule has 1 aromatic rings. The van der Waals surface area contributed by atoms with Crippen molar-refractivity contribution in [1.29, 1.82) is 0 Å². The van der Waals surface area contributed by atoms with E-state index in [2.05, 4.69) is 22.4 Å². The zero-order valence-corrected chi connectivity index (χ0v) is 12.3.